The van der Waals surface area contributed by atoms with Crippen molar-refractivity contribution in [1.82, 2.24) is 5.32 Å². The molecule has 0 unspecified atom stereocenters. The van der Waals surface area contributed by atoms with Gasteiger partial charge in [0.1, 0.15) is 0 Å². The summed E-state index contributed by atoms with van der Waals surface area (Å²) in [6.07, 6.45) is 1.85. The Balaban J connectivity index is 1.93. The molecule has 0 spiro atoms. The van der Waals surface area contributed by atoms with Crippen LogP contribution in [-0.2, 0) is 13.0 Å². The third-order valence-electron chi connectivity index (χ3n) is 4.15. The number of hydrogen-bond donors (Lipinski definition) is 1. The van der Waals surface area contributed by atoms with Crippen LogP contribution in [0.1, 0.15) is 24.5 Å². The molecule has 0 aliphatic rings. The Morgan fingerprint density at radius 1 is 0.889 bits per heavy atom. The van der Waals surface area contributed by atoms with E-state index in [1.165, 1.54) is 5.56 Å². The molecule has 6 heteroatoms. The summed E-state index contributed by atoms with van der Waals surface area (Å²) in [6, 6.07) is 9.99. The van der Waals surface area contributed by atoms with Gasteiger partial charge in [-0.3, -0.25) is 0 Å². The van der Waals surface area contributed by atoms with Gasteiger partial charge >= 0.3 is 0 Å². The monoisotopic (exact) mass is 437 g/mol. The fourth-order valence-electron chi connectivity index (χ4n) is 2.69. The summed E-state index contributed by atoms with van der Waals surface area (Å²) in [7, 11) is 4.96. The molecule has 0 bridgehead atoms. The SMILES string of the molecule is CCCOc1cc(Br)c(CNCCc2ccc(OC)c(OC)c2)cc1OC. The molecule has 0 amide bonds. The number of methoxy groups -OCH3 is 3. The summed E-state index contributed by atoms with van der Waals surface area (Å²) in [6.45, 7) is 4.33. The average molecular weight is 438 g/mol. The Kier molecular flexibility index (Phi) is 8.75. The molecule has 1 N–H and O–H groups in total. The first-order chi connectivity index (χ1) is 13.1. The maximum absolute atomic E-state index is 5.74. The standard InChI is InChI=1S/C21H28BrNO4/c1-5-10-27-21-13-17(22)16(12-20(21)26-4)14-23-9-8-15-6-7-18(24-2)19(11-15)25-3/h6-7,11-13,23H,5,8-10,14H2,1-4H3. The van der Waals surface area contributed by atoms with Crippen LogP contribution in [0.5, 0.6) is 23.0 Å². The summed E-state index contributed by atoms with van der Waals surface area (Å²) >= 11 is 3.63. The molecular weight excluding hydrogens is 410 g/mol. The summed E-state index contributed by atoms with van der Waals surface area (Å²) < 4.78 is 22.8. The van der Waals surface area contributed by atoms with Crippen molar-refractivity contribution in [2.24, 2.45) is 0 Å². The number of nitrogens with one attached hydrogen (secondary N) is 1. The number of ether oxygens (including phenoxy) is 4. The average Bonchev–Trinajstić information content (AvgIpc) is 2.70. The molecule has 0 aromatic heterocycles. The van der Waals surface area contributed by atoms with E-state index >= 15 is 0 Å². The van der Waals surface area contributed by atoms with E-state index < -0.39 is 0 Å². The molecule has 0 aliphatic carbocycles. The molecule has 0 radical (unpaired) electrons. The maximum atomic E-state index is 5.74. The van der Waals surface area contributed by atoms with Gasteiger partial charge in [0, 0.05) is 11.0 Å². The Morgan fingerprint density at radius 2 is 1.59 bits per heavy atom. The lowest BCUT2D eigenvalue weighted by Gasteiger charge is -2.14. The number of hydrogen-bond acceptors (Lipinski definition) is 5. The number of rotatable bonds is 11. The molecule has 0 heterocycles. The van der Waals surface area contributed by atoms with Gasteiger partial charge in [0.25, 0.3) is 0 Å². The van der Waals surface area contributed by atoms with Crippen LogP contribution in [0.2, 0.25) is 0 Å². The van der Waals surface area contributed by atoms with Crippen LogP contribution in [0.3, 0.4) is 0 Å². The quantitative estimate of drug-likeness (QED) is 0.520. The lowest BCUT2D eigenvalue weighted by Crippen LogP contribution is -2.17. The largest absolute Gasteiger partial charge is 0.493 e. The molecule has 2 aromatic carbocycles. The van der Waals surface area contributed by atoms with Crippen molar-refractivity contribution in [3.63, 3.8) is 0 Å². The van der Waals surface area contributed by atoms with Crippen molar-refractivity contribution in [2.75, 3.05) is 34.5 Å². The van der Waals surface area contributed by atoms with E-state index in [9.17, 15) is 0 Å². The number of halogens is 1. The highest BCUT2D eigenvalue weighted by atomic mass is 79.9. The van der Waals surface area contributed by atoms with Crippen molar-refractivity contribution in [1.29, 1.82) is 0 Å². The van der Waals surface area contributed by atoms with Crippen LogP contribution in [0, 0.1) is 0 Å². The lowest BCUT2D eigenvalue weighted by molar-refractivity contribution is 0.294. The second kappa shape index (κ2) is 11.0. The highest BCUT2D eigenvalue weighted by molar-refractivity contribution is 9.10. The Bertz CT molecular complexity index is 736. The van der Waals surface area contributed by atoms with Gasteiger partial charge in [0.2, 0.25) is 0 Å². The first kappa shape index (κ1) is 21.4. The summed E-state index contributed by atoms with van der Waals surface area (Å²) in [5.74, 6) is 3.02. The third kappa shape index (κ3) is 6.04. The van der Waals surface area contributed by atoms with Crippen molar-refractivity contribution < 1.29 is 18.9 Å². The fourth-order valence-corrected chi connectivity index (χ4v) is 3.15. The minimum Gasteiger partial charge on any atom is -0.493 e. The van der Waals surface area contributed by atoms with Gasteiger partial charge in [-0.1, -0.05) is 28.9 Å². The third-order valence-corrected chi connectivity index (χ3v) is 4.89. The Hall–Kier alpha value is -1.92. The minimum atomic E-state index is 0.672. The van der Waals surface area contributed by atoms with Crippen LogP contribution in [0.25, 0.3) is 0 Å². The van der Waals surface area contributed by atoms with Crippen molar-refractivity contribution in [3.8, 4) is 23.0 Å². The normalized spacial score (nSPS) is 10.6. The Labute approximate surface area is 170 Å². The van der Waals surface area contributed by atoms with Gasteiger partial charge in [-0.25, -0.2) is 0 Å². The van der Waals surface area contributed by atoms with Crippen molar-refractivity contribution >= 4 is 15.9 Å². The van der Waals surface area contributed by atoms with Crippen LogP contribution in [0.4, 0.5) is 0 Å². The summed E-state index contributed by atoms with van der Waals surface area (Å²) in [5.41, 5.74) is 2.32. The topological polar surface area (TPSA) is 49.0 Å². The molecule has 0 fully saturated rings. The first-order valence-corrected chi connectivity index (χ1v) is 9.83. The van der Waals surface area contributed by atoms with Crippen LogP contribution in [0.15, 0.2) is 34.8 Å². The first-order valence-electron chi connectivity index (χ1n) is 9.03. The van der Waals surface area contributed by atoms with E-state index in [2.05, 4.69) is 34.2 Å². The highest BCUT2D eigenvalue weighted by Gasteiger charge is 2.10. The lowest BCUT2D eigenvalue weighted by atomic mass is 10.1. The predicted octanol–water partition coefficient (Wildman–Crippen LogP) is 4.60. The van der Waals surface area contributed by atoms with Gasteiger partial charge in [-0.15, -0.1) is 0 Å². The highest BCUT2D eigenvalue weighted by Crippen LogP contribution is 2.33. The molecule has 0 saturated heterocycles. The van der Waals surface area contributed by atoms with E-state index in [0.717, 1.165) is 59.0 Å². The van der Waals surface area contributed by atoms with Crippen molar-refractivity contribution in [2.45, 2.75) is 26.3 Å². The van der Waals surface area contributed by atoms with Crippen LogP contribution >= 0.6 is 15.9 Å². The molecule has 0 saturated carbocycles. The molecule has 27 heavy (non-hydrogen) atoms. The van der Waals surface area contributed by atoms with E-state index in [0.29, 0.717) is 6.61 Å². The van der Waals surface area contributed by atoms with Crippen molar-refractivity contribution in [3.05, 3.63) is 45.9 Å². The van der Waals surface area contributed by atoms with Gasteiger partial charge < -0.3 is 24.3 Å². The molecule has 2 rings (SSSR count). The minimum absolute atomic E-state index is 0.672. The van der Waals surface area contributed by atoms with Crippen LogP contribution in [-0.4, -0.2) is 34.5 Å². The molecule has 0 atom stereocenters. The van der Waals surface area contributed by atoms with E-state index in [1.807, 2.05) is 24.3 Å². The maximum Gasteiger partial charge on any atom is 0.162 e. The molecule has 5 nitrogen and oxygen atoms in total. The smallest absolute Gasteiger partial charge is 0.162 e. The Morgan fingerprint density at radius 3 is 2.26 bits per heavy atom. The summed E-state index contributed by atoms with van der Waals surface area (Å²) in [4.78, 5) is 0. The van der Waals surface area contributed by atoms with Gasteiger partial charge in [0.15, 0.2) is 23.0 Å². The zero-order chi connectivity index (χ0) is 19.6. The molecule has 2 aromatic rings. The van der Waals surface area contributed by atoms with Crippen LogP contribution < -0.4 is 24.3 Å². The summed E-state index contributed by atoms with van der Waals surface area (Å²) in [5, 5.41) is 3.47. The molecule has 0 aliphatic heterocycles. The van der Waals surface area contributed by atoms with E-state index in [1.54, 1.807) is 21.3 Å². The number of benzene rings is 2. The second-order valence-corrected chi connectivity index (χ2v) is 6.91. The zero-order valence-electron chi connectivity index (χ0n) is 16.4. The molecule has 148 valence electrons. The van der Waals surface area contributed by atoms with Gasteiger partial charge in [-0.05, 0) is 54.8 Å². The van der Waals surface area contributed by atoms with E-state index in [4.69, 9.17) is 18.9 Å². The van der Waals surface area contributed by atoms with E-state index in [-0.39, 0.29) is 0 Å². The zero-order valence-corrected chi connectivity index (χ0v) is 18.0. The second-order valence-electron chi connectivity index (χ2n) is 6.06. The van der Waals surface area contributed by atoms with Gasteiger partial charge in [-0.2, -0.15) is 0 Å². The van der Waals surface area contributed by atoms with Gasteiger partial charge in [0.05, 0.1) is 27.9 Å². The molecular formula is C21H28BrNO4. The fraction of sp³-hybridized carbons (Fsp3) is 0.429. The predicted molar refractivity (Wildman–Crippen MR) is 111 cm³/mol.